The fraction of sp³-hybridized carbons (Fsp3) is 0.667. The molecule has 2 aliphatic heterocycles. The number of rotatable bonds is 6. The van der Waals surface area contributed by atoms with Crippen molar-refractivity contribution in [3.05, 3.63) is 24.3 Å². The normalized spacial score (nSPS) is 31.9. The summed E-state index contributed by atoms with van der Waals surface area (Å²) in [5.74, 6) is 0. The van der Waals surface area contributed by atoms with Crippen LogP contribution in [0.2, 0.25) is 0 Å². The average Bonchev–Trinajstić information content (AvgIpc) is 2.99. The fourth-order valence-corrected chi connectivity index (χ4v) is 1.66. The number of ether oxygens (including phenoxy) is 3. The minimum absolute atomic E-state index is 0.0177. The molecule has 0 bridgehead atoms. The SMILES string of the molecule is C=C(C)C(OC(C(=C)C)C1CO1)C1CO1. The van der Waals surface area contributed by atoms with Gasteiger partial charge in [0.1, 0.15) is 24.4 Å². The molecule has 0 aromatic carbocycles. The molecule has 2 saturated heterocycles. The van der Waals surface area contributed by atoms with Gasteiger partial charge in [0.05, 0.1) is 13.2 Å². The minimum Gasteiger partial charge on any atom is -0.370 e. The van der Waals surface area contributed by atoms with Crippen LogP contribution in [-0.4, -0.2) is 37.6 Å². The summed E-state index contributed by atoms with van der Waals surface area (Å²) in [4.78, 5) is 0. The van der Waals surface area contributed by atoms with Gasteiger partial charge < -0.3 is 14.2 Å². The summed E-state index contributed by atoms with van der Waals surface area (Å²) in [7, 11) is 0. The van der Waals surface area contributed by atoms with Crippen LogP contribution < -0.4 is 0 Å². The summed E-state index contributed by atoms with van der Waals surface area (Å²) in [5, 5.41) is 0. The third kappa shape index (κ3) is 2.68. The van der Waals surface area contributed by atoms with E-state index >= 15 is 0 Å². The highest BCUT2D eigenvalue weighted by Crippen LogP contribution is 2.29. The van der Waals surface area contributed by atoms with Crippen LogP contribution in [0.3, 0.4) is 0 Å². The molecular formula is C12H18O3. The molecule has 0 N–H and O–H groups in total. The van der Waals surface area contributed by atoms with Crippen molar-refractivity contribution in [2.75, 3.05) is 13.2 Å². The molecule has 0 aromatic heterocycles. The second-order valence-corrected chi connectivity index (χ2v) is 4.41. The highest BCUT2D eigenvalue weighted by Gasteiger charge is 2.41. The molecule has 0 amide bonds. The van der Waals surface area contributed by atoms with Crippen molar-refractivity contribution in [1.82, 2.24) is 0 Å². The largest absolute Gasteiger partial charge is 0.370 e. The summed E-state index contributed by atoms with van der Waals surface area (Å²) in [5.41, 5.74) is 2.01. The monoisotopic (exact) mass is 210 g/mol. The van der Waals surface area contributed by atoms with Crippen molar-refractivity contribution in [3.8, 4) is 0 Å². The molecule has 2 heterocycles. The molecule has 2 fully saturated rings. The Morgan fingerprint density at radius 3 is 1.60 bits per heavy atom. The van der Waals surface area contributed by atoms with Gasteiger partial charge in [0, 0.05) is 0 Å². The van der Waals surface area contributed by atoms with Crippen LogP contribution in [0.15, 0.2) is 24.3 Å². The standard InChI is InChI=1S/C12H18O3/c1-7(2)11(9-5-13-9)15-12(8(3)4)10-6-14-10/h9-12H,1,3,5-6H2,2,4H3. The van der Waals surface area contributed by atoms with Crippen molar-refractivity contribution < 1.29 is 14.2 Å². The molecular weight excluding hydrogens is 192 g/mol. The molecule has 4 unspecified atom stereocenters. The molecule has 4 atom stereocenters. The molecule has 15 heavy (non-hydrogen) atoms. The van der Waals surface area contributed by atoms with Crippen molar-refractivity contribution in [3.63, 3.8) is 0 Å². The molecule has 0 radical (unpaired) electrons. The van der Waals surface area contributed by atoms with Crippen LogP contribution in [0, 0.1) is 0 Å². The first-order valence-electron chi connectivity index (χ1n) is 5.29. The molecule has 2 aliphatic rings. The van der Waals surface area contributed by atoms with E-state index in [-0.39, 0.29) is 24.4 Å². The van der Waals surface area contributed by atoms with E-state index in [1.807, 2.05) is 13.8 Å². The van der Waals surface area contributed by atoms with Crippen LogP contribution in [0.5, 0.6) is 0 Å². The van der Waals surface area contributed by atoms with Gasteiger partial charge in [0.2, 0.25) is 0 Å². The van der Waals surface area contributed by atoms with Crippen molar-refractivity contribution >= 4 is 0 Å². The molecule has 2 rings (SSSR count). The van der Waals surface area contributed by atoms with E-state index in [1.54, 1.807) is 0 Å². The molecule has 84 valence electrons. The topological polar surface area (TPSA) is 34.3 Å². The van der Waals surface area contributed by atoms with Crippen LogP contribution in [-0.2, 0) is 14.2 Å². The molecule has 0 aromatic rings. The van der Waals surface area contributed by atoms with Gasteiger partial charge in [-0.15, -0.1) is 0 Å². The Hall–Kier alpha value is -0.640. The van der Waals surface area contributed by atoms with Crippen LogP contribution >= 0.6 is 0 Å². The van der Waals surface area contributed by atoms with Gasteiger partial charge in [-0.05, 0) is 25.0 Å². The van der Waals surface area contributed by atoms with Crippen molar-refractivity contribution in [1.29, 1.82) is 0 Å². The highest BCUT2D eigenvalue weighted by atomic mass is 16.6. The lowest BCUT2D eigenvalue weighted by Gasteiger charge is -2.23. The smallest absolute Gasteiger partial charge is 0.111 e. The van der Waals surface area contributed by atoms with E-state index in [4.69, 9.17) is 14.2 Å². The first-order valence-corrected chi connectivity index (χ1v) is 5.29. The molecule has 3 nitrogen and oxygen atoms in total. The lowest BCUT2D eigenvalue weighted by molar-refractivity contribution is 0.0000544. The Kier molecular flexibility index (Phi) is 2.96. The minimum atomic E-state index is -0.0177. The summed E-state index contributed by atoms with van der Waals surface area (Å²) >= 11 is 0. The van der Waals surface area contributed by atoms with Gasteiger partial charge in [0.25, 0.3) is 0 Å². The Labute approximate surface area is 90.7 Å². The zero-order chi connectivity index (χ0) is 11.0. The lowest BCUT2D eigenvalue weighted by atomic mass is 10.1. The average molecular weight is 210 g/mol. The Balaban J connectivity index is 1.96. The molecule has 3 heteroatoms. The summed E-state index contributed by atoms with van der Waals surface area (Å²) in [6.07, 6.45) is 0.331. The fourth-order valence-electron chi connectivity index (χ4n) is 1.66. The van der Waals surface area contributed by atoms with E-state index in [0.717, 1.165) is 24.4 Å². The third-order valence-electron chi connectivity index (χ3n) is 2.66. The van der Waals surface area contributed by atoms with Gasteiger partial charge in [-0.3, -0.25) is 0 Å². The van der Waals surface area contributed by atoms with Gasteiger partial charge in [-0.1, -0.05) is 13.2 Å². The lowest BCUT2D eigenvalue weighted by Crippen LogP contribution is -2.31. The van der Waals surface area contributed by atoms with Gasteiger partial charge in [0.15, 0.2) is 0 Å². The first kappa shape index (κ1) is 10.9. The maximum Gasteiger partial charge on any atom is 0.111 e. The Bertz CT molecular complexity index is 249. The van der Waals surface area contributed by atoms with E-state index < -0.39 is 0 Å². The van der Waals surface area contributed by atoms with E-state index in [0.29, 0.717) is 0 Å². The second-order valence-electron chi connectivity index (χ2n) is 4.41. The first-order chi connectivity index (χ1) is 7.09. The van der Waals surface area contributed by atoms with Crippen LogP contribution in [0.4, 0.5) is 0 Å². The third-order valence-corrected chi connectivity index (χ3v) is 2.66. The van der Waals surface area contributed by atoms with E-state index in [2.05, 4.69) is 13.2 Å². The number of hydrogen-bond acceptors (Lipinski definition) is 3. The number of epoxide rings is 2. The predicted octanol–water partition coefficient (Wildman–Crippen LogP) is 1.69. The zero-order valence-corrected chi connectivity index (χ0v) is 9.36. The maximum atomic E-state index is 5.97. The van der Waals surface area contributed by atoms with Gasteiger partial charge in [-0.25, -0.2) is 0 Å². The number of hydrogen-bond donors (Lipinski definition) is 0. The Morgan fingerprint density at radius 1 is 1.07 bits per heavy atom. The van der Waals surface area contributed by atoms with Gasteiger partial charge >= 0.3 is 0 Å². The molecule has 0 spiro atoms. The second kappa shape index (κ2) is 4.08. The van der Waals surface area contributed by atoms with E-state index in [1.165, 1.54) is 0 Å². The van der Waals surface area contributed by atoms with Crippen molar-refractivity contribution in [2.24, 2.45) is 0 Å². The van der Waals surface area contributed by atoms with Crippen LogP contribution in [0.1, 0.15) is 13.8 Å². The molecule has 0 saturated carbocycles. The summed E-state index contributed by atoms with van der Waals surface area (Å²) in [6, 6.07) is 0. The van der Waals surface area contributed by atoms with E-state index in [9.17, 15) is 0 Å². The van der Waals surface area contributed by atoms with Gasteiger partial charge in [-0.2, -0.15) is 0 Å². The van der Waals surface area contributed by atoms with Crippen LogP contribution in [0.25, 0.3) is 0 Å². The zero-order valence-electron chi connectivity index (χ0n) is 9.36. The maximum absolute atomic E-state index is 5.97. The summed E-state index contributed by atoms with van der Waals surface area (Å²) in [6.45, 7) is 13.3. The predicted molar refractivity (Wildman–Crippen MR) is 57.8 cm³/mol. The highest BCUT2D eigenvalue weighted by molar-refractivity contribution is 5.10. The molecule has 0 aliphatic carbocycles. The van der Waals surface area contributed by atoms with Crippen molar-refractivity contribution in [2.45, 2.75) is 38.3 Å². The Morgan fingerprint density at radius 2 is 1.40 bits per heavy atom. The quantitative estimate of drug-likeness (QED) is 0.494. The summed E-state index contributed by atoms with van der Waals surface area (Å²) < 4.78 is 16.5.